The van der Waals surface area contributed by atoms with Gasteiger partial charge in [-0.2, -0.15) is 0 Å². The van der Waals surface area contributed by atoms with Gasteiger partial charge in [0.25, 0.3) is 9.05 Å². The van der Waals surface area contributed by atoms with Gasteiger partial charge >= 0.3 is 0 Å². The molecule has 1 aromatic rings. The Kier molecular flexibility index (Phi) is 3.44. The largest absolute Gasteiger partial charge is 0.261 e. The molecule has 0 saturated heterocycles. The van der Waals surface area contributed by atoms with E-state index >= 15 is 0 Å². The molecule has 8 heteroatoms. The van der Waals surface area contributed by atoms with E-state index in [2.05, 4.69) is 4.72 Å². The topological polar surface area (TPSA) is 80.3 Å². The lowest BCUT2D eigenvalue weighted by Gasteiger charge is -2.08. The fourth-order valence-corrected chi connectivity index (χ4v) is 3.71. The molecular weight excluding hydrogens is 298 g/mol. The van der Waals surface area contributed by atoms with E-state index < -0.39 is 19.1 Å². The number of nitrogens with one attached hydrogen (secondary N) is 1. The molecule has 0 amide bonds. The van der Waals surface area contributed by atoms with Crippen LogP contribution in [0, 0.1) is 0 Å². The van der Waals surface area contributed by atoms with Gasteiger partial charge in [0.2, 0.25) is 10.0 Å². The second-order valence-electron chi connectivity index (χ2n) is 4.36. The molecule has 1 atom stereocenters. The quantitative estimate of drug-likeness (QED) is 0.831. The highest BCUT2D eigenvalue weighted by molar-refractivity contribution is 8.13. The van der Waals surface area contributed by atoms with Gasteiger partial charge in [0.15, 0.2) is 0 Å². The fraction of sp³-hybridized carbons (Fsp3) is 0.400. The molecule has 1 N–H and O–H groups in total. The zero-order valence-electron chi connectivity index (χ0n) is 9.55. The zero-order chi connectivity index (χ0) is 13.6. The summed E-state index contributed by atoms with van der Waals surface area (Å²) in [6, 6.07) is 4.39. The summed E-state index contributed by atoms with van der Waals surface area (Å²) in [7, 11) is -1.74. The Morgan fingerprint density at radius 1 is 1.17 bits per heavy atom. The van der Waals surface area contributed by atoms with Gasteiger partial charge in [-0.3, -0.25) is 0 Å². The van der Waals surface area contributed by atoms with Crippen molar-refractivity contribution in [2.45, 2.75) is 23.8 Å². The lowest BCUT2D eigenvalue weighted by Crippen LogP contribution is -2.34. The summed E-state index contributed by atoms with van der Waals surface area (Å²) in [6.45, 7) is 0. The first kappa shape index (κ1) is 13.8. The van der Waals surface area contributed by atoms with Gasteiger partial charge < -0.3 is 0 Å². The highest BCUT2D eigenvalue weighted by Gasteiger charge is 2.25. The number of halogens is 1. The SMILES string of the molecule is CS(=O)(=O)N[C@@H]1Cc2ccc(S(=O)(=O)Cl)cc2C1. The highest BCUT2D eigenvalue weighted by atomic mass is 35.7. The smallest absolute Gasteiger partial charge is 0.213 e. The van der Waals surface area contributed by atoms with Crippen LogP contribution in [0.25, 0.3) is 0 Å². The van der Waals surface area contributed by atoms with Crippen LogP contribution in [0.3, 0.4) is 0 Å². The third kappa shape index (κ3) is 3.23. The highest BCUT2D eigenvalue weighted by Crippen LogP contribution is 2.26. The number of benzene rings is 1. The van der Waals surface area contributed by atoms with Gasteiger partial charge in [-0.1, -0.05) is 6.07 Å². The van der Waals surface area contributed by atoms with Gasteiger partial charge in [-0.15, -0.1) is 0 Å². The molecule has 1 aromatic carbocycles. The Morgan fingerprint density at radius 3 is 2.33 bits per heavy atom. The van der Waals surface area contributed by atoms with Gasteiger partial charge in [0, 0.05) is 16.7 Å². The van der Waals surface area contributed by atoms with Gasteiger partial charge in [-0.25, -0.2) is 21.6 Å². The lowest BCUT2D eigenvalue weighted by molar-refractivity contribution is 0.561. The monoisotopic (exact) mass is 309 g/mol. The van der Waals surface area contributed by atoms with Crippen molar-refractivity contribution >= 4 is 29.8 Å². The van der Waals surface area contributed by atoms with E-state index in [1.807, 2.05) is 0 Å². The number of fused-ring (bicyclic) bond motifs is 1. The average molecular weight is 310 g/mol. The molecular formula is C10H12ClNO4S2. The first-order valence-corrected chi connectivity index (χ1v) is 9.39. The summed E-state index contributed by atoms with van der Waals surface area (Å²) in [5.41, 5.74) is 1.76. The number of sulfonamides is 1. The van der Waals surface area contributed by atoms with Crippen molar-refractivity contribution in [1.29, 1.82) is 0 Å². The minimum absolute atomic E-state index is 0.0444. The zero-order valence-corrected chi connectivity index (χ0v) is 11.9. The van der Waals surface area contributed by atoms with Crippen LogP contribution in [-0.4, -0.2) is 29.1 Å². The molecule has 18 heavy (non-hydrogen) atoms. The molecule has 100 valence electrons. The molecule has 2 rings (SSSR count). The van der Waals surface area contributed by atoms with Crippen LogP contribution in [0.1, 0.15) is 11.1 Å². The Balaban J connectivity index is 2.26. The van der Waals surface area contributed by atoms with Crippen LogP contribution >= 0.6 is 10.7 Å². The summed E-state index contributed by atoms with van der Waals surface area (Å²) in [6.07, 6.45) is 2.14. The molecule has 0 aliphatic heterocycles. The normalized spacial score (nSPS) is 19.8. The van der Waals surface area contributed by atoms with Crippen molar-refractivity contribution in [3.05, 3.63) is 29.3 Å². The minimum atomic E-state index is -3.74. The third-order valence-electron chi connectivity index (χ3n) is 2.77. The van der Waals surface area contributed by atoms with E-state index in [9.17, 15) is 16.8 Å². The third-order valence-corrected chi connectivity index (χ3v) is 4.89. The summed E-state index contributed by atoms with van der Waals surface area (Å²) in [5.74, 6) is 0. The predicted octanol–water partition coefficient (Wildman–Crippen LogP) is 0.630. The second kappa shape index (κ2) is 4.48. The van der Waals surface area contributed by atoms with Crippen LogP contribution in [0.2, 0.25) is 0 Å². The number of hydrogen-bond donors (Lipinski definition) is 1. The van der Waals surface area contributed by atoms with Crippen LogP contribution in [-0.2, 0) is 31.9 Å². The Bertz CT molecular complexity index is 682. The van der Waals surface area contributed by atoms with Crippen molar-refractivity contribution in [3.8, 4) is 0 Å². The summed E-state index contributed by atoms with van der Waals surface area (Å²) >= 11 is 0. The minimum Gasteiger partial charge on any atom is -0.213 e. The maximum Gasteiger partial charge on any atom is 0.261 e. The van der Waals surface area contributed by atoms with Crippen molar-refractivity contribution in [2.24, 2.45) is 0 Å². The molecule has 0 aromatic heterocycles. The van der Waals surface area contributed by atoms with Crippen LogP contribution in [0.5, 0.6) is 0 Å². The fourth-order valence-electron chi connectivity index (χ4n) is 2.13. The van der Waals surface area contributed by atoms with E-state index in [1.165, 1.54) is 12.1 Å². The molecule has 0 spiro atoms. The molecule has 0 heterocycles. The first-order chi connectivity index (χ1) is 8.15. The molecule has 0 radical (unpaired) electrons. The van der Waals surface area contributed by atoms with Crippen LogP contribution in [0.15, 0.2) is 23.1 Å². The molecule has 0 unspecified atom stereocenters. The Labute approximate surface area is 111 Å². The van der Waals surface area contributed by atoms with E-state index in [1.54, 1.807) is 6.07 Å². The molecule has 0 saturated carbocycles. The lowest BCUT2D eigenvalue weighted by atomic mass is 10.1. The van der Waals surface area contributed by atoms with Crippen molar-refractivity contribution in [3.63, 3.8) is 0 Å². The second-order valence-corrected chi connectivity index (χ2v) is 8.71. The molecule has 0 fully saturated rings. The van der Waals surface area contributed by atoms with Crippen molar-refractivity contribution in [2.75, 3.05) is 6.26 Å². The number of rotatable bonds is 3. The standard InChI is InChI=1S/C10H12ClNO4S2/c1-17(13,14)12-9-4-7-2-3-10(18(11,15)16)6-8(7)5-9/h2-3,6,9,12H,4-5H2,1H3/t9-/m1/s1. The first-order valence-electron chi connectivity index (χ1n) is 5.19. The van der Waals surface area contributed by atoms with Gasteiger partial charge in [0.1, 0.15) is 0 Å². The van der Waals surface area contributed by atoms with Gasteiger partial charge in [-0.05, 0) is 36.1 Å². The molecule has 5 nitrogen and oxygen atoms in total. The van der Waals surface area contributed by atoms with Crippen molar-refractivity contribution in [1.82, 2.24) is 4.72 Å². The van der Waals surface area contributed by atoms with E-state index in [0.717, 1.165) is 17.4 Å². The average Bonchev–Trinajstić information content (AvgIpc) is 2.53. The summed E-state index contributed by atoms with van der Waals surface area (Å²) in [5, 5.41) is 0. The van der Waals surface area contributed by atoms with E-state index in [0.29, 0.717) is 12.8 Å². The Morgan fingerprint density at radius 2 is 1.78 bits per heavy atom. The molecule has 0 bridgehead atoms. The summed E-state index contributed by atoms with van der Waals surface area (Å²) in [4.78, 5) is 0.0444. The van der Waals surface area contributed by atoms with Crippen LogP contribution in [0.4, 0.5) is 0 Å². The summed E-state index contributed by atoms with van der Waals surface area (Å²) < 4.78 is 47.2. The van der Waals surface area contributed by atoms with Crippen molar-refractivity contribution < 1.29 is 16.8 Å². The number of hydrogen-bond acceptors (Lipinski definition) is 4. The van der Waals surface area contributed by atoms with E-state index in [-0.39, 0.29) is 10.9 Å². The molecule has 1 aliphatic rings. The van der Waals surface area contributed by atoms with E-state index in [4.69, 9.17) is 10.7 Å². The van der Waals surface area contributed by atoms with Gasteiger partial charge in [0.05, 0.1) is 11.2 Å². The molecule has 1 aliphatic carbocycles. The van der Waals surface area contributed by atoms with Crippen LogP contribution < -0.4 is 4.72 Å². The maximum absolute atomic E-state index is 11.2. The Hall–Kier alpha value is -0.630. The maximum atomic E-state index is 11.2. The predicted molar refractivity (Wildman–Crippen MR) is 68.7 cm³/mol.